The van der Waals surface area contributed by atoms with E-state index in [4.69, 9.17) is 4.74 Å². The molecule has 0 saturated heterocycles. The monoisotopic (exact) mass is 372 g/mol. The van der Waals surface area contributed by atoms with Crippen molar-refractivity contribution in [3.63, 3.8) is 0 Å². The topological polar surface area (TPSA) is 94.8 Å². The van der Waals surface area contributed by atoms with E-state index in [1.807, 2.05) is 30.3 Å². The molecule has 8 nitrogen and oxygen atoms in total. The van der Waals surface area contributed by atoms with Crippen LogP contribution in [0.2, 0.25) is 0 Å². The average Bonchev–Trinajstić information content (AvgIpc) is 3.28. The summed E-state index contributed by atoms with van der Waals surface area (Å²) in [6, 6.07) is 18.1. The first-order chi connectivity index (χ1) is 13.8. The molecule has 0 aliphatic heterocycles. The van der Waals surface area contributed by atoms with E-state index in [9.17, 15) is 4.79 Å². The normalized spacial score (nSPS) is 10.4. The molecule has 28 heavy (non-hydrogen) atoms. The second kappa shape index (κ2) is 8.09. The molecule has 8 heteroatoms. The molecule has 0 aliphatic carbocycles. The molecule has 0 atom stereocenters. The van der Waals surface area contributed by atoms with Crippen LogP contribution in [0.1, 0.15) is 15.9 Å². The number of hydrogen-bond acceptors (Lipinski definition) is 6. The molecular weight excluding hydrogens is 356 g/mol. The molecule has 4 rings (SSSR count). The van der Waals surface area contributed by atoms with Gasteiger partial charge in [0, 0.05) is 35.3 Å². The van der Waals surface area contributed by atoms with Gasteiger partial charge in [-0.1, -0.05) is 18.2 Å². The van der Waals surface area contributed by atoms with E-state index >= 15 is 0 Å². The fraction of sp³-hybridized carbons (Fsp3) is 0.0500. The molecule has 0 unspecified atom stereocenters. The maximum Gasteiger partial charge on any atom is 0.255 e. The van der Waals surface area contributed by atoms with Crippen molar-refractivity contribution in [3.05, 3.63) is 90.5 Å². The number of nitrogens with zero attached hydrogens (tertiary/aromatic N) is 5. The summed E-state index contributed by atoms with van der Waals surface area (Å²) in [6.45, 7) is 0.402. The summed E-state index contributed by atoms with van der Waals surface area (Å²) in [5.41, 5.74) is 2.80. The minimum atomic E-state index is -0.237. The summed E-state index contributed by atoms with van der Waals surface area (Å²) in [5.74, 6) is 0.420. The maximum absolute atomic E-state index is 12.6. The number of nitrogens with one attached hydrogen (secondary N) is 1. The number of tetrazole rings is 1. The van der Waals surface area contributed by atoms with Crippen molar-refractivity contribution in [3.8, 4) is 11.4 Å². The first kappa shape index (κ1) is 17.3. The highest BCUT2D eigenvalue weighted by Gasteiger charge is 2.09. The first-order valence-corrected chi connectivity index (χ1v) is 8.54. The molecule has 0 saturated carbocycles. The number of aromatic nitrogens is 5. The fourth-order valence-electron chi connectivity index (χ4n) is 2.59. The zero-order chi connectivity index (χ0) is 19.2. The Morgan fingerprint density at radius 3 is 2.82 bits per heavy atom. The van der Waals surface area contributed by atoms with Gasteiger partial charge in [0.05, 0.1) is 5.69 Å². The summed E-state index contributed by atoms with van der Waals surface area (Å²) in [6.07, 6.45) is 4.94. The number of amides is 1. The largest absolute Gasteiger partial charge is 0.489 e. The van der Waals surface area contributed by atoms with Crippen molar-refractivity contribution >= 4 is 11.6 Å². The number of carbonyl (C=O) groups excluding carboxylic acids is 1. The smallest absolute Gasteiger partial charge is 0.255 e. The molecule has 0 radical (unpaired) electrons. The minimum Gasteiger partial charge on any atom is -0.489 e. The summed E-state index contributed by atoms with van der Waals surface area (Å²) in [7, 11) is 0. The second-order valence-electron chi connectivity index (χ2n) is 5.94. The minimum absolute atomic E-state index is 0.237. The Balaban J connectivity index is 1.44. The lowest BCUT2D eigenvalue weighted by molar-refractivity contribution is 0.102. The molecule has 0 spiro atoms. The van der Waals surface area contributed by atoms with Crippen LogP contribution in [-0.2, 0) is 6.61 Å². The molecule has 138 valence electrons. The average molecular weight is 372 g/mol. The van der Waals surface area contributed by atoms with Crippen LogP contribution in [0.25, 0.3) is 5.69 Å². The van der Waals surface area contributed by atoms with E-state index in [1.54, 1.807) is 42.7 Å². The van der Waals surface area contributed by atoms with Gasteiger partial charge < -0.3 is 10.1 Å². The number of anilines is 1. The number of rotatable bonds is 6. The molecule has 4 aromatic rings. The third-order valence-corrected chi connectivity index (χ3v) is 3.94. The van der Waals surface area contributed by atoms with Gasteiger partial charge in [-0.2, -0.15) is 0 Å². The van der Waals surface area contributed by atoms with E-state index in [1.165, 1.54) is 11.0 Å². The van der Waals surface area contributed by atoms with Crippen LogP contribution in [0.3, 0.4) is 0 Å². The number of pyridine rings is 1. The van der Waals surface area contributed by atoms with E-state index in [-0.39, 0.29) is 5.91 Å². The van der Waals surface area contributed by atoms with Gasteiger partial charge in [-0.15, -0.1) is 5.10 Å². The van der Waals surface area contributed by atoms with Crippen LogP contribution in [0.4, 0.5) is 5.69 Å². The molecule has 2 heterocycles. The summed E-state index contributed by atoms with van der Waals surface area (Å²) < 4.78 is 7.26. The van der Waals surface area contributed by atoms with Crippen LogP contribution in [0, 0.1) is 0 Å². The standard InChI is InChI=1S/C20H16N6O2/c27-20(16-5-1-7-18(10-16)26-14-22-24-25-26)23-17-6-2-8-19(11-17)28-13-15-4-3-9-21-12-15/h1-12,14H,13H2,(H,23,27). The van der Waals surface area contributed by atoms with Crippen molar-refractivity contribution in [2.45, 2.75) is 6.61 Å². The lowest BCUT2D eigenvalue weighted by Crippen LogP contribution is -2.12. The third-order valence-electron chi connectivity index (χ3n) is 3.94. The third kappa shape index (κ3) is 4.18. The summed E-state index contributed by atoms with van der Waals surface area (Å²) in [4.78, 5) is 16.7. The van der Waals surface area contributed by atoms with Gasteiger partial charge in [0.15, 0.2) is 0 Å². The predicted octanol–water partition coefficient (Wildman–Crippen LogP) is 2.89. The molecule has 1 N–H and O–H groups in total. The zero-order valence-electron chi connectivity index (χ0n) is 14.8. The lowest BCUT2D eigenvalue weighted by Gasteiger charge is -2.10. The Labute approximate surface area is 160 Å². The highest BCUT2D eigenvalue weighted by molar-refractivity contribution is 6.04. The summed E-state index contributed by atoms with van der Waals surface area (Å²) in [5, 5.41) is 13.9. The van der Waals surface area contributed by atoms with Gasteiger partial charge in [-0.3, -0.25) is 9.78 Å². The van der Waals surface area contributed by atoms with Crippen LogP contribution in [-0.4, -0.2) is 31.1 Å². The van der Waals surface area contributed by atoms with Gasteiger partial charge in [-0.05, 0) is 46.8 Å². The quantitative estimate of drug-likeness (QED) is 0.559. The van der Waals surface area contributed by atoms with Gasteiger partial charge in [-0.25, -0.2) is 4.68 Å². The predicted molar refractivity (Wildman–Crippen MR) is 102 cm³/mol. The zero-order valence-corrected chi connectivity index (χ0v) is 14.8. The number of hydrogen-bond donors (Lipinski definition) is 1. The van der Waals surface area contributed by atoms with E-state index < -0.39 is 0 Å². The molecule has 2 aromatic carbocycles. The Morgan fingerprint density at radius 2 is 2.00 bits per heavy atom. The second-order valence-corrected chi connectivity index (χ2v) is 5.94. The Hall–Kier alpha value is -4.07. The SMILES string of the molecule is O=C(Nc1cccc(OCc2cccnc2)c1)c1cccc(-n2cnnn2)c1. The van der Waals surface area contributed by atoms with Gasteiger partial charge in [0.1, 0.15) is 18.7 Å². The van der Waals surface area contributed by atoms with Crippen molar-refractivity contribution in [1.82, 2.24) is 25.2 Å². The van der Waals surface area contributed by atoms with Crippen molar-refractivity contribution in [1.29, 1.82) is 0 Å². The van der Waals surface area contributed by atoms with E-state index in [0.29, 0.717) is 29.3 Å². The van der Waals surface area contributed by atoms with E-state index in [0.717, 1.165) is 5.56 Å². The van der Waals surface area contributed by atoms with Crippen LogP contribution < -0.4 is 10.1 Å². The number of carbonyl (C=O) groups is 1. The Kier molecular flexibility index (Phi) is 5.01. The Morgan fingerprint density at radius 1 is 1.07 bits per heavy atom. The van der Waals surface area contributed by atoms with Crippen LogP contribution in [0.5, 0.6) is 5.75 Å². The maximum atomic E-state index is 12.6. The Bertz CT molecular complexity index is 1070. The molecule has 0 bridgehead atoms. The van der Waals surface area contributed by atoms with Crippen molar-refractivity contribution in [2.75, 3.05) is 5.32 Å². The van der Waals surface area contributed by atoms with Crippen LogP contribution in [0.15, 0.2) is 79.4 Å². The molecule has 0 aliphatic rings. The number of benzene rings is 2. The molecule has 2 aromatic heterocycles. The molecular formula is C20H16N6O2. The van der Waals surface area contributed by atoms with Crippen LogP contribution >= 0.6 is 0 Å². The highest BCUT2D eigenvalue weighted by Crippen LogP contribution is 2.19. The lowest BCUT2D eigenvalue weighted by atomic mass is 10.2. The first-order valence-electron chi connectivity index (χ1n) is 8.54. The van der Waals surface area contributed by atoms with Gasteiger partial charge in [0.2, 0.25) is 0 Å². The highest BCUT2D eigenvalue weighted by atomic mass is 16.5. The summed E-state index contributed by atoms with van der Waals surface area (Å²) >= 11 is 0. The van der Waals surface area contributed by atoms with Crippen molar-refractivity contribution < 1.29 is 9.53 Å². The van der Waals surface area contributed by atoms with Gasteiger partial charge in [0.25, 0.3) is 5.91 Å². The fourth-order valence-corrected chi connectivity index (χ4v) is 2.59. The molecule has 1 amide bonds. The van der Waals surface area contributed by atoms with Gasteiger partial charge >= 0.3 is 0 Å². The van der Waals surface area contributed by atoms with E-state index in [2.05, 4.69) is 25.8 Å². The van der Waals surface area contributed by atoms with Crippen molar-refractivity contribution in [2.24, 2.45) is 0 Å². The molecule has 0 fully saturated rings. The number of ether oxygens (including phenoxy) is 1.